The van der Waals surface area contributed by atoms with E-state index in [9.17, 15) is 5.11 Å². The van der Waals surface area contributed by atoms with Gasteiger partial charge in [0.25, 0.3) is 0 Å². The predicted molar refractivity (Wildman–Crippen MR) is 77.7 cm³/mol. The van der Waals surface area contributed by atoms with Crippen LogP contribution in [-0.2, 0) is 6.42 Å². The van der Waals surface area contributed by atoms with Gasteiger partial charge >= 0.3 is 0 Å². The van der Waals surface area contributed by atoms with E-state index in [2.05, 4.69) is 57.3 Å². The number of hydrogen-bond donors (Lipinski definition) is 2. The van der Waals surface area contributed by atoms with E-state index in [1.54, 1.807) is 0 Å². The summed E-state index contributed by atoms with van der Waals surface area (Å²) in [6.07, 6.45) is 2.12. The molecular weight excluding hydrogens is 222 g/mol. The van der Waals surface area contributed by atoms with Crippen molar-refractivity contribution < 1.29 is 5.11 Å². The molecule has 0 amide bonds. The summed E-state index contributed by atoms with van der Waals surface area (Å²) in [4.78, 5) is 0. The molecule has 1 aromatic carbocycles. The zero-order valence-electron chi connectivity index (χ0n) is 12.1. The van der Waals surface area contributed by atoms with Crippen LogP contribution >= 0.6 is 0 Å². The fraction of sp³-hybridized carbons (Fsp3) is 0.625. The predicted octanol–water partition coefficient (Wildman–Crippen LogP) is 3.31. The first-order chi connectivity index (χ1) is 8.62. The van der Waals surface area contributed by atoms with Crippen LogP contribution in [0.5, 0.6) is 0 Å². The van der Waals surface area contributed by atoms with E-state index in [1.165, 1.54) is 11.1 Å². The van der Waals surface area contributed by atoms with Crippen molar-refractivity contribution in [2.45, 2.75) is 52.6 Å². The molecule has 2 N–H and O–H groups in total. The van der Waals surface area contributed by atoms with Gasteiger partial charge < -0.3 is 10.4 Å². The van der Waals surface area contributed by atoms with Gasteiger partial charge in [-0.15, -0.1) is 0 Å². The lowest BCUT2D eigenvalue weighted by molar-refractivity contribution is 0.198. The highest BCUT2D eigenvalue weighted by atomic mass is 16.3. The molecule has 0 fully saturated rings. The molecule has 102 valence electrons. The van der Waals surface area contributed by atoms with Crippen molar-refractivity contribution in [3.63, 3.8) is 0 Å². The highest BCUT2D eigenvalue weighted by Gasteiger charge is 2.17. The lowest BCUT2D eigenvalue weighted by atomic mass is 9.98. The Morgan fingerprint density at radius 1 is 1.11 bits per heavy atom. The van der Waals surface area contributed by atoms with Crippen LogP contribution in [0.3, 0.4) is 0 Å². The number of nitrogens with one attached hydrogen (secondary N) is 1. The molecule has 1 unspecified atom stereocenters. The van der Waals surface area contributed by atoms with Crippen LogP contribution in [0.4, 0.5) is 0 Å². The minimum Gasteiger partial charge on any atom is -0.395 e. The fourth-order valence-electron chi connectivity index (χ4n) is 2.15. The van der Waals surface area contributed by atoms with E-state index < -0.39 is 0 Å². The summed E-state index contributed by atoms with van der Waals surface area (Å²) in [5, 5.41) is 13.0. The van der Waals surface area contributed by atoms with Gasteiger partial charge in [0.1, 0.15) is 0 Å². The summed E-state index contributed by atoms with van der Waals surface area (Å²) in [6, 6.07) is 9.30. The lowest BCUT2D eigenvalue weighted by Crippen LogP contribution is -2.39. The molecule has 2 heteroatoms. The normalized spacial score (nSPS) is 14.8. The van der Waals surface area contributed by atoms with Crippen LogP contribution in [0.25, 0.3) is 0 Å². The summed E-state index contributed by atoms with van der Waals surface area (Å²) < 4.78 is 0. The molecule has 0 aliphatic heterocycles. The van der Waals surface area contributed by atoms with Crippen molar-refractivity contribution in [1.82, 2.24) is 5.32 Å². The number of benzene rings is 1. The van der Waals surface area contributed by atoms with Crippen LogP contribution in [-0.4, -0.2) is 17.8 Å². The smallest absolute Gasteiger partial charge is 0.0587 e. The number of rotatable bonds is 7. The summed E-state index contributed by atoms with van der Waals surface area (Å²) in [5.41, 5.74) is 2.69. The van der Waals surface area contributed by atoms with Crippen LogP contribution < -0.4 is 5.32 Å². The molecule has 0 saturated carbocycles. The van der Waals surface area contributed by atoms with Gasteiger partial charge in [0.05, 0.1) is 6.61 Å². The minimum atomic E-state index is 0.167. The molecule has 0 aromatic heterocycles. The second-order valence-electron chi connectivity index (χ2n) is 5.26. The number of aliphatic hydroxyl groups excluding tert-OH is 1. The minimum absolute atomic E-state index is 0.167. The maximum atomic E-state index is 9.41. The average Bonchev–Trinajstić information content (AvgIpc) is 2.40. The van der Waals surface area contributed by atoms with Crippen molar-refractivity contribution in [3.8, 4) is 0 Å². The SMILES string of the molecule is CCc1ccc(C(CC)N[C@H](CO)C(C)C)cc1. The summed E-state index contributed by atoms with van der Waals surface area (Å²) in [7, 11) is 0. The Morgan fingerprint density at radius 3 is 2.11 bits per heavy atom. The molecule has 0 radical (unpaired) electrons. The first-order valence-electron chi connectivity index (χ1n) is 7.08. The quantitative estimate of drug-likeness (QED) is 0.777. The van der Waals surface area contributed by atoms with Gasteiger partial charge in [0.15, 0.2) is 0 Å². The number of aryl methyl sites for hydroxylation is 1. The highest BCUT2D eigenvalue weighted by molar-refractivity contribution is 5.25. The van der Waals surface area contributed by atoms with Gasteiger partial charge in [-0.1, -0.05) is 52.0 Å². The third kappa shape index (κ3) is 4.11. The highest BCUT2D eigenvalue weighted by Crippen LogP contribution is 2.19. The van der Waals surface area contributed by atoms with E-state index in [-0.39, 0.29) is 12.6 Å². The van der Waals surface area contributed by atoms with Crippen LogP contribution in [0, 0.1) is 5.92 Å². The Bertz CT molecular complexity index is 331. The van der Waals surface area contributed by atoms with Gasteiger partial charge in [0.2, 0.25) is 0 Å². The van der Waals surface area contributed by atoms with Crippen molar-refractivity contribution >= 4 is 0 Å². The Labute approximate surface area is 111 Å². The van der Waals surface area contributed by atoms with Gasteiger partial charge in [-0.05, 0) is 29.9 Å². The summed E-state index contributed by atoms with van der Waals surface area (Å²) in [6.45, 7) is 8.83. The molecule has 0 spiro atoms. The molecule has 1 aromatic rings. The Morgan fingerprint density at radius 2 is 1.72 bits per heavy atom. The van der Waals surface area contributed by atoms with E-state index >= 15 is 0 Å². The Hall–Kier alpha value is -0.860. The van der Waals surface area contributed by atoms with Crippen molar-refractivity contribution in [1.29, 1.82) is 0 Å². The molecule has 0 aliphatic rings. The largest absolute Gasteiger partial charge is 0.395 e. The van der Waals surface area contributed by atoms with Crippen molar-refractivity contribution in [2.75, 3.05) is 6.61 Å². The first kappa shape index (κ1) is 15.2. The van der Waals surface area contributed by atoms with E-state index in [0.29, 0.717) is 12.0 Å². The van der Waals surface area contributed by atoms with Crippen LogP contribution in [0.15, 0.2) is 24.3 Å². The molecule has 0 saturated heterocycles. The molecule has 0 heterocycles. The second kappa shape index (κ2) is 7.55. The fourth-order valence-corrected chi connectivity index (χ4v) is 2.15. The molecule has 2 atom stereocenters. The zero-order valence-corrected chi connectivity index (χ0v) is 12.1. The topological polar surface area (TPSA) is 32.3 Å². The van der Waals surface area contributed by atoms with E-state index in [0.717, 1.165) is 12.8 Å². The average molecular weight is 249 g/mol. The van der Waals surface area contributed by atoms with Gasteiger partial charge in [-0.3, -0.25) is 0 Å². The first-order valence-corrected chi connectivity index (χ1v) is 7.08. The monoisotopic (exact) mass is 249 g/mol. The van der Waals surface area contributed by atoms with Crippen molar-refractivity contribution in [2.24, 2.45) is 5.92 Å². The number of hydrogen-bond acceptors (Lipinski definition) is 2. The summed E-state index contributed by atoms with van der Waals surface area (Å²) >= 11 is 0. The molecular formula is C16H27NO. The summed E-state index contributed by atoms with van der Waals surface area (Å²) in [5.74, 6) is 0.443. The zero-order chi connectivity index (χ0) is 13.5. The Kier molecular flexibility index (Phi) is 6.37. The molecule has 2 nitrogen and oxygen atoms in total. The third-order valence-electron chi connectivity index (χ3n) is 3.62. The van der Waals surface area contributed by atoms with E-state index in [1.807, 2.05) is 0 Å². The number of aliphatic hydroxyl groups is 1. The van der Waals surface area contributed by atoms with Gasteiger partial charge in [-0.2, -0.15) is 0 Å². The maximum Gasteiger partial charge on any atom is 0.0587 e. The molecule has 1 rings (SSSR count). The van der Waals surface area contributed by atoms with Crippen molar-refractivity contribution in [3.05, 3.63) is 35.4 Å². The molecule has 18 heavy (non-hydrogen) atoms. The third-order valence-corrected chi connectivity index (χ3v) is 3.62. The van der Waals surface area contributed by atoms with Gasteiger partial charge in [0, 0.05) is 12.1 Å². The lowest BCUT2D eigenvalue weighted by Gasteiger charge is -2.26. The van der Waals surface area contributed by atoms with Crippen LogP contribution in [0.2, 0.25) is 0 Å². The molecule has 0 bridgehead atoms. The Balaban J connectivity index is 2.75. The second-order valence-corrected chi connectivity index (χ2v) is 5.26. The van der Waals surface area contributed by atoms with Gasteiger partial charge in [-0.25, -0.2) is 0 Å². The van der Waals surface area contributed by atoms with Crippen LogP contribution in [0.1, 0.15) is 51.3 Å². The van der Waals surface area contributed by atoms with E-state index in [4.69, 9.17) is 0 Å². The standard InChI is InChI=1S/C16H27NO/c1-5-13-7-9-14(10-8-13)15(6-2)17-16(11-18)12(3)4/h7-10,12,15-18H,5-6,11H2,1-4H3/t15?,16-/m1/s1. The maximum absolute atomic E-state index is 9.41. The molecule has 0 aliphatic carbocycles.